The third kappa shape index (κ3) is 8.34. The average molecular weight is 276 g/mol. The molecule has 0 saturated heterocycles. The summed E-state index contributed by atoms with van der Waals surface area (Å²) < 4.78 is 35.0. The Kier molecular flexibility index (Phi) is 6.15. The number of unbranched alkanes of at least 4 members (excludes halogenated alkanes) is 1. The van der Waals surface area contributed by atoms with E-state index in [1.54, 1.807) is 6.92 Å². The van der Waals surface area contributed by atoms with E-state index in [0.29, 0.717) is 13.0 Å². The summed E-state index contributed by atoms with van der Waals surface area (Å²) in [5, 5.41) is 2.52. The molecule has 0 aliphatic heterocycles. The second-order valence-electron chi connectivity index (χ2n) is 2.98. The van der Waals surface area contributed by atoms with Gasteiger partial charge < -0.3 is 5.32 Å². The van der Waals surface area contributed by atoms with Gasteiger partial charge in [0.05, 0.1) is 4.83 Å². The minimum absolute atomic E-state index is 0.0560. The van der Waals surface area contributed by atoms with Crippen LogP contribution in [0.5, 0.6) is 0 Å². The monoisotopic (exact) mass is 275 g/mol. The Morgan fingerprint density at radius 1 is 1.43 bits per heavy atom. The summed E-state index contributed by atoms with van der Waals surface area (Å²) in [4.78, 5) is 10.6. The standard InChI is InChI=1S/C8H13BrF3NO/c1-6(9)7(14)13-5-3-2-4-8(10,11)12/h6H,2-5H2,1H3,(H,13,14). The van der Waals surface area contributed by atoms with Gasteiger partial charge in [0.2, 0.25) is 5.91 Å². The van der Waals surface area contributed by atoms with Gasteiger partial charge in [0.15, 0.2) is 0 Å². The minimum atomic E-state index is -4.09. The molecule has 6 heteroatoms. The fourth-order valence-corrected chi connectivity index (χ4v) is 0.965. The van der Waals surface area contributed by atoms with Crippen molar-refractivity contribution in [3.05, 3.63) is 0 Å². The van der Waals surface area contributed by atoms with Crippen LogP contribution in [0.25, 0.3) is 0 Å². The van der Waals surface area contributed by atoms with Gasteiger partial charge in [-0.3, -0.25) is 4.79 Å². The molecule has 1 amide bonds. The van der Waals surface area contributed by atoms with E-state index in [4.69, 9.17) is 0 Å². The number of carbonyl (C=O) groups excluding carboxylic acids is 1. The van der Waals surface area contributed by atoms with E-state index in [1.807, 2.05) is 0 Å². The first-order valence-corrected chi connectivity index (χ1v) is 5.23. The maximum Gasteiger partial charge on any atom is 0.389 e. The van der Waals surface area contributed by atoms with E-state index in [2.05, 4.69) is 21.2 Å². The predicted molar refractivity (Wildman–Crippen MR) is 51.3 cm³/mol. The van der Waals surface area contributed by atoms with Gasteiger partial charge in [-0.05, 0) is 19.8 Å². The van der Waals surface area contributed by atoms with Crippen molar-refractivity contribution in [3.63, 3.8) is 0 Å². The van der Waals surface area contributed by atoms with Gasteiger partial charge >= 0.3 is 6.18 Å². The summed E-state index contributed by atoms with van der Waals surface area (Å²) in [6, 6.07) is 0. The number of alkyl halides is 4. The highest BCUT2D eigenvalue weighted by Crippen LogP contribution is 2.21. The zero-order chi connectivity index (χ0) is 11.2. The van der Waals surface area contributed by atoms with Crippen molar-refractivity contribution in [3.8, 4) is 0 Å². The summed E-state index contributed by atoms with van der Waals surface area (Å²) in [6.07, 6.45) is -4.47. The van der Waals surface area contributed by atoms with Gasteiger partial charge in [0.25, 0.3) is 0 Å². The van der Waals surface area contributed by atoms with Crippen LogP contribution in [-0.2, 0) is 4.79 Å². The highest BCUT2D eigenvalue weighted by molar-refractivity contribution is 9.10. The molecule has 1 atom stereocenters. The molecule has 0 spiro atoms. The lowest BCUT2D eigenvalue weighted by Crippen LogP contribution is -2.30. The molecule has 84 valence electrons. The molecule has 0 heterocycles. The van der Waals surface area contributed by atoms with Crippen LogP contribution in [0.2, 0.25) is 0 Å². The van der Waals surface area contributed by atoms with Gasteiger partial charge in [0, 0.05) is 13.0 Å². The average Bonchev–Trinajstić information content (AvgIpc) is 2.01. The van der Waals surface area contributed by atoms with Crippen LogP contribution in [0.15, 0.2) is 0 Å². The summed E-state index contributed by atoms with van der Waals surface area (Å²) in [5.74, 6) is -0.197. The van der Waals surface area contributed by atoms with E-state index in [0.717, 1.165) is 0 Å². The predicted octanol–water partition coefficient (Wildman–Crippen LogP) is 2.62. The summed E-state index contributed by atoms with van der Waals surface area (Å²) >= 11 is 3.05. The van der Waals surface area contributed by atoms with E-state index in [-0.39, 0.29) is 17.2 Å². The lowest BCUT2D eigenvalue weighted by molar-refractivity contribution is -0.135. The number of rotatable bonds is 5. The number of hydrogen-bond donors (Lipinski definition) is 1. The van der Waals surface area contributed by atoms with Crippen molar-refractivity contribution in [1.29, 1.82) is 0 Å². The van der Waals surface area contributed by atoms with E-state index < -0.39 is 12.6 Å². The van der Waals surface area contributed by atoms with Gasteiger partial charge in [-0.15, -0.1) is 0 Å². The van der Waals surface area contributed by atoms with Crippen molar-refractivity contribution in [2.75, 3.05) is 6.54 Å². The molecule has 0 aromatic heterocycles. The van der Waals surface area contributed by atoms with E-state index in [9.17, 15) is 18.0 Å². The van der Waals surface area contributed by atoms with Gasteiger partial charge in [-0.2, -0.15) is 13.2 Å². The maximum absolute atomic E-state index is 11.7. The summed E-state index contributed by atoms with van der Waals surface area (Å²) in [5.41, 5.74) is 0. The van der Waals surface area contributed by atoms with Gasteiger partial charge in [-0.25, -0.2) is 0 Å². The van der Waals surface area contributed by atoms with Crippen molar-refractivity contribution in [1.82, 2.24) is 5.32 Å². The molecule has 0 bridgehead atoms. The molecule has 0 aromatic carbocycles. The zero-order valence-corrected chi connectivity index (χ0v) is 9.41. The van der Waals surface area contributed by atoms with Gasteiger partial charge in [0.1, 0.15) is 0 Å². The van der Waals surface area contributed by atoms with Gasteiger partial charge in [-0.1, -0.05) is 15.9 Å². The topological polar surface area (TPSA) is 29.1 Å². The second-order valence-corrected chi connectivity index (χ2v) is 4.35. The third-order valence-corrected chi connectivity index (χ3v) is 1.96. The SMILES string of the molecule is CC(Br)C(=O)NCCCCC(F)(F)F. The number of hydrogen-bond acceptors (Lipinski definition) is 1. The van der Waals surface area contributed by atoms with Crippen LogP contribution >= 0.6 is 15.9 Å². The Balaban J connectivity index is 3.35. The quantitative estimate of drug-likeness (QED) is 0.607. The molecule has 0 aromatic rings. The smallest absolute Gasteiger partial charge is 0.355 e. The van der Waals surface area contributed by atoms with Crippen LogP contribution in [0.1, 0.15) is 26.2 Å². The molecular weight excluding hydrogens is 263 g/mol. The first kappa shape index (κ1) is 13.7. The molecule has 0 saturated carbocycles. The zero-order valence-electron chi connectivity index (χ0n) is 7.83. The van der Waals surface area contributed by atoms with Crippen molar-refractivity contribution in [2.24, 2.45) is 0 Å². The Labute approximate surface area is 89.4 Å². The lowest BCUT2D eigenvalue weighted by atomic mass is 10.2. The summed E-state index contributed by atoms with van der Waals surface area (Å²) in [7, 11) is 0. The van der Waals surface area contributed by atoms with Crippen molar-refractivity contribution < 1.29 is 18.0 Å². The van der Waals surface area contributed by atoms with E-state index >= 15 is 0 Å². The number of amides is 1. The van der Waals surface area contributed by atoms with Crippen LogP contribution in [0.3, 0.4) is 0 Å². The molecular formula is C8H13BrF3NO. The number of halogens is 4. The van der Waals surface area contributed by atoms with Crippen LogP contribution in [0.4, 0.5) is 13.2 Å². The van der Waals surface area contributed by atoms with Crippen molar-refractivity contribution >= 4 is 21.8 Å². The third-order valence-electron chi connectivity index (χ3n) is 1.55. The first-order chi connectivity index (χ1) is 6.33. The van der Waals surface area contributed by atoms with Crippen LogP contribution < -0.4 is 5.32 Å². The summed E-state index contributed by atoms with van der Waals surface area (Å²) in [6.45, 7) is 1.95. The first-order valence-electron chi connectivity index (χ1n) is 4.31. The lowest BCUT2D eigenvalue weighted by Gasteiger charge is -2.07. The maximum atomic E-state index is 11.7. The Morgan fingerprint density at radius 2 is 2.00 bits per heavy atom. The van der Waals surface area contributed by atoms with Crippen LogP contribution in [0, 0.1) is 0 Å². The van der Waals surface area contributed by atoms with Crippen molar-refractivity contribution in [2.45, 2.75) is 37.2 Å². The Bertz CT molecular complexity index is 182. The molecule has 14 heavy (non-hydrogen) atoms. The molecule has 1 unspecified atom stereocenters. The molecule has 0 aliphatic carbocycles. The highest BCUT2D eigenvalue weighted by atomic mass is 79.9. The molecule has 2 nitrogen and oxygen atoms in total. The Morgan fingerprint density at radius 3 is 2.43 bits per heavy atom. The molecule has 0 aliphatic rings. The molecule has 0 radical (unpaired) electrons. The largest absolute Gasteiger partial charge is 0.389 e. The fraction of sp³-hybridized carbons (Fsp3) is 0.875. The number of carbonyl (C=O) groups is 1. The fourth-order valence-electron chi connectivity index (χ4n) is 0.803. The minimum Gasteiger partial charge on any atom is -0.355 e. The second kappa shape index (κ2) is 6.27. The molecule has 0 rings (SSSR count). The van der Waals surface area contributed by atoms with E-state index in [1.165, 1.54) is 0 Å². The Hall–Kier alpha value is -0.260. The van der Waals surface area contributed by atoms with Crippen LogP contribution in [-0.4, -0.2) is 23.5 Å². The molecule has 0 fully saturated rings. The molecule has 1 N–H and O–H groups in total. The number of nitrogens with one attached hydrogen (secondary N) is 1. The highest BCUT2D eigenvalue weighted by Gasteiger charge is 2.25. The normalized spacial score (nSPS) is 13.8.